The topological polar surface area (TPSA) is 92.7 Å². The molecule has 2 atom stereocenters. The molecule has 0 heterocycles. The summed E-state index contributed by atoms with van der Waals surface area (Å²) in [5.74, 6) is -1.05. The smallest absolute Gasteiger partial charge is 0.326 e. The first-order valence-electron chi connectivity index (χ1n) is 11.4. The number of nitrogens with one attached hydrogen (secondary N) is 1. The quantitative estimate of drug-likeness (QED) is 0.387. The predicted octanol–water partition coefficient (Wildman–Crippen LogP) is 4.52. The van der Waals surface area contributed by atoms with Crippen molar-refractivity contribution in [2.24, 2.45) is 5.92 Å². The zero-order valence-electron chi connectivity index (χ0n) is 19.6. The Hall–Kier alpha value is -3.58. The van der Waals surface area contributed by atoms with Gasteiger partial charge in [-0.15, -0.1) is 0 Å². The molecule has 182 valence electrons. The predicted molar refractivity (Wildman–Crippen MR) is 137 cm³/mol. The fourth-order valence-corrected chi connectivity index (χ4v) is 4.24. The van der Waals surface area contributed by atoms with E-state index in [4.69, 9.17) is 4.74 Å². The fraction of sp³-hybridized carbons (Fsp3) is 0.250. The molecule has 0 aliphatic carbocycles. The van der Waals surface area contributed by atoms with Crippen molar-refractivity contribution in [2.75, 3.05) is 5.75 Å². The number of rotatable bonds is 12. The molecule has 0 saturated heterocycles. The van der Waals surface area contributed by atoms with Crippen molar-refractivity contribution in [2.45, 2.75) is 32.4 Å². The molecular weight excluding hydrogens is 462 g/mol. The highest BCUT2D eigenvalue weighted by Crippen LogP contribution is 2.18. The summed E-state index contributed by atoms with van der Waals surface area (Å²) in [6, 6.07) is 25.4. The van der Waals surface area contributed by atoms with E-state index >= 15 is 0 Å². The zero-order chi connectivity index (χ0) is 25.0. The number of carbonyl (C=O) groups is 3. The van der Waals surface area contributed by atoms with Gasteiger partial charge in [-0.05, 0) is 35.2 Å². The van der Waals surface area contributed by atoms with Crippen molar-refractivity contribution in [1.82, 2.24) is 5.32 Å². The lowest BCUT2D eigenvalue weighted by molar-refractivity contribution is -0.142. The minimum atomic E-state index is -1.11. The van der Waals surface area contributed by atoms with Crippen LogP contribution in [0.1, 0.15) is 23.6 Å². The summed E-state index contributed by atoms with van der Waals surface area (Å²) in [5.41, 5.74) is 2.77. The number of carbonyl (C=O) groups excluding carboxylic acids is 2. The number of thioether (sulfide) groups is 1. The van der Waals surface area contributed by atoms with Crippen LogP contribution in [0.5, 0.6) is 5.75 Å². The average Bonchev–Trinajstić information content (AvgIpc) is 2.86. The monoisotopic (exact) mass is 491 g/mol. The van der Waals surface area contributed by atoms with Gasteiger partial charge in [-0.1, -0.05) is 84.6 Å². The Labute approximate surface area is 209 Å². The minimum Gasteiger partial charge on any atom is -0.489 e. The lowest BCUT2D eigenvalue weighted by Gasteiger charge is -2.20. The lowest BCUT2D eigenvalue weighted by Crippen LogP contribution is -2.46. The fourth-order valence-electron chi connectivity index (χ4n) is 3.53. The van der Waals surface area contributed by atoms with E-state index in [1.807, 2.05) is 60.7 Å². The highest BCUT2D eigenvalue weighted by Gasteiger charge is 2.26. The first-order valence-corrected chi connectivity index (χ1v) is 12.4. The van der Waals surface area contributed by atoms with Crippen molar-refractivity contribution in [3.05, 3.63) is 102 Å². The Kier molecular flexibility index (Phi) is 9.93. The Balaban J connectivity index is 1.61. The molecule has 0 fully saturated rings. The SMILES string of the molecule is CC(=O)SCC(Cc1ccccc1)C(=O)N[C@@H](Cc1ccc(OCc2ccccc2)cc1)C(=O)O. The third kappa shape index (κ3) is 8.94. The summed E-state index contributed by atoms with van der Waals surface area (Å²) in [7, 11) is 0. The van der Waals surface area contributed by atoms with Crippen molar-refractivity contribution < 1.29 is 24.2 Å². The van der Waals surface area contributed by atoms with E-state index in [9.17, 15) is 19.5 Å². The van der Waals surface area contributed by atoms with Gasteiger partial charge in [0.1, 0.15) is 18.4 Å². The van der Waals surface area contributed by atoms with Crippen molar-refractivity contribution in [3.8, 4) is 5.75 Å². The lowest BCUT2D eigenvalue weighted by atomic mass is 9.99. The number of hydrogen-bond donors (Lipinski definition) is 2. The highest BCUT2D eigenvalue weighted by molar-refractivity contribution is 8.13. The number of benzene rings is 3. The number of carboxylic acid groups (broad SMARTS) is 1. The largest absolute Gasteiger partial charge is 0.489 e. The number of hydrogen-bond acceptors (Lipinski definition) is 5. The second-order valence-electron chi connectivity index (χ2n) is 8.21. The maximum absolute atomic E-state index is 13.0. The molecule has 0 spiro atoms. The van der Waals surface area contributed by atoms with Gasteiger partial charge in [0.15, 0.2) is 5.12 Å². The van der Waals surface area contributed by atoms with Gasteiger partial charge in [-0.25, -0.2) is 4.79 Å². The first kappa shape index (κ1) is 26.0. The van der Waals surface area contributed by atoms with Gasteiger partial charge in [-0.2, -0.15) is 0 Å². The van der Waals surface area contributed by atoms with Gasteiger partial charge in [0.25, 0.3) is 0 Å². The summed E-state index contributed by atoms with van der Waals surface area (Å²) < 4.78 is 5.78. The first-order chi connectivity index (χ1) is 16.9. The van der Waals surface area contributed by atoms with Crippen LogP contribution in [0.25, 0.3) is 0 Å². The maximum Gasteiger partial charge on any atom is 0.326 e. The molecule has 0 aliphatic rings. The van der Waals surface area contributed by atoms with E-state index in [1.165, 1.54) is 6.92 Å². The normalized spacial score (nSPS) is 12.4. The van der Waals surface area contributed by atoms with E-state index in [0.717, 1.165) is 28.5 Å². The summed E-state index contributed by atoms with van der Waals surface area (Å²) in [4.78, 5) is 36.4. The molecule has 2 N–H and O–H groups in total. The Bertz CT molecular complexity index is 1100. The van der Waals surface area contributed by atoms with E-state index in [1.54, 1.807) is 24.3 Å². The van der Waals surface area contributed by atoms with Crippen LogP contribution in [0, 0.1) is 5.92 Å². The Morgan fingerprint density at radius 1 is 0.829 bits per heavy atom. The van der Waals surface area contributed by atoms with Crippen molar-refractivity contribution in [3.63, 3.8) is 0 Å². The molecule has 0 aliphatic heterocycles. The molecular formula is C28H29NO5S. The molecule has 7 heteroatoms. The van der Waals surface area contributed by atoms with E-state index in [0.29, 0.717) is 18.8 Å². The van der Waals surface area contributed by atoms with Crippen LogP contribution < -0.4 is 10.1 Å². The molecule has 3 rings (SSSR count). The molecule has 1 amide bonds. The molecule has 0 radical (unpaired) electrons. The third-order valence-corrected chi connectivity index (χ3v) is 6.39. The molecule has 6 nitrogen and oxygen atoms in total. The van der Waals surface area contributed by atoms with Gasteiger partial charge in [0.05, 0.1) is 5.92 Å². The molecule has 0 aromatic heterocycles. The van der Waals surface area contributed by atoms with Gasteiger partial charge in [0.2, 0.25) is 5.91 Å². The molecule has 0 bridgehead atoms. The van der Waals surface area contributed by atoms with Gasteiger partial charge in [-0.3, -0.25) is 9.59 Å². The second kappa shape index (κ2) is 13.3. The summed E-state index contributed by atoms with van der Waals surface area (Å²) in [5, 5.41) is 12.3. The molecule has 3 aromatic carbocycles. The Morgan fingerprint density at radius 2 is 1.40 bits per heavy atom. The van der Waals surface area contributed by atoms with E-state index < -0.39 is 17.9 Å². The van der Waals surface area contributed by atoms with E-state index in [-0.39, 0.29) is 23.2 Å². The summed E-state index contributed by atoms with van der Waals surface area (Å²) >= 11 is 1.07. The molecule has 3 aromatic rings. The average molecular weight is 492 g/mol. The molecule has 35 heavy (non-hydrogen) atoms. The minimum absolute atomic E-state index is 0.0831. The van der Waals surface area contributed by atoms with E-state index in [2.05, 4.69) is 5.32 Å². The standard InChI is InChI=1S/C28H29NO5S/c1-20(30)35-19-24(16-21-8-4-2-5-9-21)27(31)29-26(28(32)33)17-22-12-14-25(15-13-22)34-18-23-10-6-3-7-11-23/h2-15,24,26H,16-19H2,1H3,(H,29,31)(H,32,33)/t24?,26-/m0/s1. The second-order valence-corrected chi connectivity index (χ2v) is 9.41. The van der Waals surface area contributed by atoms with Crippen LogP contribution in [0.15, 0.2) is 84.9 Å². The third-order valence-electron chi connectivity index (χ3n) is 5.41. The van der Waals surface area contributed by atoms with Gasteiger partial charge >= 0.3 is 5.97 Å². The highest BCUT2D eigenvalue weighted by atomic mass is 32.2. The summed E-state index contributed by atoms with van der Waals surface area (Å²) in [6.07, 6.45) is 0.560. The van der Waals surface area contributed by atoms with Crippen LogP contribution in [0.2, 0.25) is 0 Å². The van der Waals surface area contributed by atoms with Crippen LogP contribution >= 0.6 is 11.8 Å². The van der Waals surface area contributed by atoms with Crippen molar-refractivity contribution >= 4 is 28.8 Å². The van der Waals surface area contributed by atoms with Crippen LogP contribution in [0.4, 0.5) is 0 Å². The van der Waals surface area contributed by atoms with Crippen LogP contribution in [-0.4, -0.2) is 33.9 Å². The Morgan fingerprint density at radius 3 is 1.97 bits per heavy atom. The number of amides is 1. The molecule has 1 unspecified atom stereocenters. The van der Waals surface area contributed by atoms with Gasteiger partial charge < -0.3 is 15.2 Å². The number of aliphatic carboxylic acids is 1. The van der Waals surface area contributed by atoms with Crippen LogP contribution in [0.3, 0.4) is 0 Å². The van der Waals surface area contributed by atoms with Gasteiger partial charge in [0, 0.05) is 19.1 Å². The number of carboxylic acids is 1. The maximum atomic E-state index is 13.0. The van der Waals surface area contributed by atoms with Crippen LogP contribution in [-0.2, 0) is 33.8 Å². The molecule has 0 saturated carbocycles. The summed E-state index contributed by atoms with van der Waals surface area (Å²) in [6.45, 7) is 1.89. The van der Waals surface area contributed by atoms with Crippen molar-refractivity contribution in [1.29, 1.82) is 0 Å². The number of ether oxygens (including phenoxy) is 1. The zero-order valence-corrected chi connectivity index (χ0v) is 20.4.